The van der Waals surface area contributed by atoms with Crippen molar-refractivity contribution in [1.29, 1.82) is 0 Å². The fourth-order valence-corrected chi connectivity index (χ4v) is 2.83. The minimum atomic E-state index is -0.463. The van der Waals surface area contributed by atoms with E-state index in [1.54, 1.807) is 11.8 Å². The van der Waals surface area contributed by atoms with Gasteiger partial charge in [0.1, 0.15) is 6.42 Å². The van der Waals surface area contributed by atoms with Crippen molar-refractivity contribution in [3.05, 3.63) is 28.2 Å². The summed E-state index contributed by atoms with van der Waals surface area (Å²) in [6, 6.07) is 5.79. The van der Waals surface area contributed by atoms with Gasteiger partial charge in [0, 0.05) is 16.7 Å². The van der Waals surface area contributed by atoms with Crippen LogP contribution >= 0.6 is 15.9 Å². The number of benzene rings is 1. The SMILES string of the molecule is CCOC(=O)CC(=O)N1CCCc2c(Br)cccc21. The average molecular weight is 326 g/mol. The van der Waals surface area contributed by atoms with Crippen molar-refractivity contribution in [3.63, 3.8) is 0 Å². The molecule has 2 rings (SSSR count). The molecule has 5 heteroatoms. The maximum atomic E-state index is 12.2. The van der Waals surface area contributed by atoms with E-state index in [9.17, 15) is 9.59 Å². The van der Waals surface area contributed by atoms with Gasteiger partial charge in [-0.1, -0.05) is 22.0 Å². The number of carbonyl (C=O) groups is 2. The Kier molecular flexibility index (Phi) is 4.58. The van der Waals surface area contributed by atoms with Gasteiger partial charge in [0.25, 0.3) is 0 Å². The fraction of sp³-hybridized carbons (Fsp3) is 0.429. The van der Waals surface area contributed by atoms with E-state index in [2.05, 4.69) is 15.9 Å². The van der Waals surface area contributed by atoms with Gasteiger partial charge in [-0.2, -0.15) is 0 Å². The first kappa shape index (κ1) is 14.1. The van der Waals surface area contributed by atoms with Crippen LogP contribution in [-0.2, 0) is 20.7 Å². The molecule has 0 saturated heterocycles. The molecule has 0 radical (unpaired) electrons. The summed E-state index contributed by atoms with van der Waals surface area (Å²) in [6.45, 7) is 2.69. The summed E-state index contributed by atoms with van der Waals surface area (Å²) in [5.74, 6) is -0.660. The number of rotatable bonds is 3. The molecule has 1 aromatic rings. The molecule has 4 nitrogen and oxygen atoms in total. The Morgan fingerprint density at radius 2 is 2.21 bits per heavy atom. The Morgan fingerprint density at radius 1 is 1.42 bits per heavy atom. The molecule has 1 aliphatic rings. The van der Waals surface area contributed by atoms with Crippen LogP contribution < -0.4 is 4.90 Å². The number of carbonyl (C=O) groups excluding carboxylic acids is 2. The molecule has 0 N–H and O–H groups in total. The molecule has 0 spiro atoms. The number of anilines is 1. The van der Waals surface area contributed by atoms with Crippen LogP contribution in [0.2, 0.25) is 0 Å². The molecule has 1 amide bonds. The zero-order chi connectivity index (χ0) is 13.8. The number of fused-ring (bicyclic) bond motifs is 1. The second-order valence-electron chi connectivity index (χ2n) is 4.37. The molecule has 0 saturated carbocycles. The highest BCUT2D eigenvalue weighted by atomic mass is 79.9. The molecule has 0 aliphatic carbocycles. The first-order valence-electron chi connectivity index (χ1n) is 6.37. The number of ether oxygens (including phenoxy) is 1. The van der Waals surface area contributed by atoms with E-state index in [4.69, 9.17) is 4.74 Å². The van der Waals surface area contributed by atoms with Crippen molar-refractivity contribution in [2.24, 2.45) is 0 Å². The number of hydrogen-bond donors (Lipinski definition) is 0. The summed E-state index contributed by atoms with van der Waals surface area (Å²) in [4.78, 5) is 25.2. The molecule has 0 fully saturated rings. The lowest BCUT2D eigenvalue weighted by Crippen LogP contribution is -2.37. The van der Waals surface area contributed by atoms with Crippen LogP contribution in [-0.4, -0.2) is 25.0 Å². The van der Waals surface area contributed by atoms with Crippen molar-refractivity contribution in [2.75, 3.05) is 18.1 Å². The van der Waals surface area contributed by atoms with Crippen molar-refractivity contribution in [2.45, 2.75) is 26.2 Å². The van der Waals surface area contributed by atoms with Gasteiger partial charge < -0.3 is 9.64 Å². The molecule has 0 atom stereocenters. The summed E-state index contributed by atoms with van der Waals surface area (Å²) >= 11 is 3.50. The lowest BCUT2D eigenvalue weighted by Gasteiger charge is -2.30. The number of nitrogens with zero attached hydrogens (tertiary/aromatic N) is 1. The molecule has 0 aromatic heterocycles. The molecule has 1 aromatic carbocycles. The minimum absolute atomic E-state index is 0.195. The third kappa shape index (κ3) is 3.15. The Labute approximate surface area is 120 Å². The van der Waals surface area contributed by atoms with E-state index in [1.807, 2.05) is 18.2 Å². The molecular formula is C14H16BrNO3. The normalized spacial score (nSPS) is 13.9. The Bertz CT molecular complexity index is 501. The largest absolute Gasteiger partial charge is 0.466 e. The average Bonchev–Trinajstić information content (AvgIpc) is 2.38. The number of amides is 1. The van der Waals surface area contributed by atoms with Crippen LogP contribution in [0.1, 0.15) is 25.3 Å². The highest BCUT2D eigenvalue weighted by Crippen LogP contribution is 2.32. The van der Waals surface area contributed by atoms with Crippen LogP contribution in [0.5, 0.6) is 0 Å². The van der Waals surface area contributed by atoms with Crippen molar-refractivity contribution < 1.29 is 14.3 Å². The van der Waals surface area contributed by atoms with Crippen molar-refractivity contribution >= 4 is 33.5 Å². The highest BCUT2D eigenvalue weighted by Gasteiger charge is 2.25. The monoisotopic (exact) mass is 325 g/mol. The van der Waals surface area contributed by atoms with E-state index >= 15 is 0 Å². The zero-order valence-corrected chi connectivity index (χ0v) is 12.4. The number of esters is 1. The predicted octanol–water partition coefficient (Wildman–Crippen LogP) is 2.68. The lowest BCUT2D eigenvalue weighted by molar-refractivity contribution is -0.145. The standard InChI is InChI=1S/C14H16BrNO3/c1-2-19-14(18)9-13(17)16-8-4-5-10-11(15)6-3-7-12(10)16/h3,6-7H,2,4-5,8-9H2,1H3. The van der Waals surface area contributed by atoms with E-state index in [0.29, 0.717) is 13.2 Å². The summed E-state index contributed by atoms with van der Waals surface area (Å²) in [5, 5.41) is 0. The van der Waals surface area contributed by atoms with Crippen molar-refractivity contribution in [1.82, 2.24) is 0 Å². The lowest BCUT2D eigenvalue weighted by atomic mass is 10.0. The van der Waals surface area contributed by atoms with Gasteiger partial charge in [-0.15, -0.1) is 0 Å². The van der Waals surface area contributed by atoms with Crippen LogP contribution in [0.4, 0.5) is 5.69 Å². The van der Waals surface area contributed by atoms with Gasteiger partial charge in [-0.25, -0.2) is 0 Å². The first-order valence-corrected chi connectivity index (χ1v) is 7.16. The topological polar surface area (TPSA) is 46.6 Å². The van der Waals surface area contributed by atoms with Gasteiger partial charge in [-0.05, 0) is 37.5 Å². The van der Waals surface area contributed by atoms with Gasteiger partial charge in [0.2, 0.25) is 5.91 Å². The zero-order valence-electron chi connectivity index (χ0n) is 10.8. The van der Waals surface area contributed by atoms with Crippen LogP contribution in [0.15, 0.2) is 22.7 Å². The molecular weight excluding hydrogens is 310 g/mol. The van der Waals surface area contributed by atoms with E-state index in [0.717, 1.165) is 28.6 Å². The maximum Gasteiger partial charge on any atom is 0.315 e. The van der Waals surface area contributed by atoms with Crippen LogP contribution in [0, 0.1) is 0 Å². The van der Waals surface area contributed by atoms with E-state index in [1.165, 1.54) is 0 Å². The smallest absolute Gasteiger partial charge is 0.315 e. The second-order valence-corrected chi connectivity index (χ2v) is 5.22. The second kappa shape index (κ2) is 6.19. The molecule has 1 heterocycles. The van der Waals surface area contributed by atoms with Crippen LogP contribution in [0.25, 0.3) is 0 Å². The Hall–Kier alpha value is -1.36. The fourth-order valence-electron chi connectivity index (χ4n) is 2.27. The number of halogens is 1. The third-order valence-electron chi connectivity index (χ3n) is 3.10. The molecule has 0 bridgehead atoms. The molecule has 0 unspecified atom stereocenters. The summed E-state index contributed by atoms with van der Waals surface area (Å²) in [6.07, 6.45) is 1.66. The van der Waals surface area contributed by atoms with Gasteiger partial charge in [0.05, 0.1) is 6.61 Å². The molecule has 102 valence electrons. The molecule has 1 aliphatic heterocycles. The highest BCUT2D eigenvalue weighted by molar-refractivity contribution is 9.10. The summed E-state index contributed by atoms with van der Waals surface area (Å²) < 4.78 is 5.83. The maximum absolute atomic E-state index is 12.2. The quantitative estimate of drug-likeness (QED) is 0.634. The summed E-state index contributed by atoms with van der Waals surface area (Å²) in [7, 11) is 0. The van der Waals surface area contributed by atoms with Crippen molar-refractivity contribution in [3.8, 4) is 0 Å². The van der Waals surface area contributed by atoms with Gasteiger partial charge in [0.15, 0.2) is 0 Å². The molecule has 19 heavy (non-hydrogen) atoms. The first-order chi connectivity index (χ1) is 9.13. The van der Waals surface area contributed by atoms with Gasteiger partial charge >= 0.3 is 5.97 Å². The summed E-state index contributed by atoms with van der Waals surface area (Å²) in [5.41, 5.74) is 2.03. The Balaban J connectivity index is 2.17. The minimum Gasteiger partial charge on any atom is -0.466 e. The third-order valence-corrected chi connectivity index (χ3v) is 3.84. The van der Waals surface area contributed by atoms with Gasteiger partial charge in [-0.3, -0.25) is 9.59 Å². The number of hydrogen-bond acceptors (Lipinski definition) is 3. The van der Waals surface area contributed by atoms with E-state index < -0.39 is 5.97 Å². The Morgan fingerprint density at radius 3 is 2.95 bits per heavy atom. The van der Waals surface area contributed by atoms with E-state index in [-0.39, 0.29) is 12.3 Å². The predicted molar refractivity (Wildman–Crippen MR) is 76.1 cm³/mol. The van der Waals surface area contributed by atoms with Crippen LogP contribution in [0.3, 0.4) is 0 Å².